The molecule has 4 rings (SSSR count). The number of nitrogens with one attached hydrogen (secondary N) is 1. The number of benzene rings is 1. The first kappa shape index (κ1) is 21.1. The van der Waals surface area contributed by atoms with Crippen LogP contribution in [0.1, 0.15) is 19.5 Å². The van der Waals surface area contributed by atoms with E-state index in [0.717, 1.165) is 23.3 Å². The molecule has 1 aromatic carbocycles. The van der Waals surface area contributed by atoms with E-state index in [1.54, 1.807) is 12.1 Å². The average molecular weight is 492 g/mol. The topological polar surface area (TPSA) is 89.4 Å². The molecule has 8 nitrogen and oxygen atoms in total. The van der Waals surface area contributed by atoms with Crippen molar-refractivity contribution in [3.63, 3.8) is 0 Å². The number of ether oxygens (including phenoxy) is 1. The number of thiazole rings is 1. The standard InChI is InChI=1S/C20H22BrN5O3S/c1-12-6-25(7-13(2)29-12)8-15-10-30-20(23-15)24-18(27)9-26-11-22-17-4-3-14(21)5-16(17)19(26)28/h3-5,10-13H,6-9H2,1-2H3,(H,23,24,27). The van der Waals surface area contributed by atoms with Gasteiger partial charge in [0.2, 0.25) is 5.91 Å². The minimum atomic E-state index is -0.317. The van der Waals surface area contributed by atoms with Crippen LogP contribution in [0, 0.1) is 0 Å². The molecule has 1 amide bonds. The molecular weight excluding hydrogens is 470 g/mol. The van der Waals surface area contributed by atoms with Crippen molar-refractivity contribution < 1.29 is 9.53 Å². The summed E-state index contributed by atoms with van der Waals surface area (Å²) < 4.78 is 7.85. The molecule has 158 valence electrons. The maximum atomic E-state index is 12.6. The molecule has 1 aliphatic heterocycles. The highest BCUT2D eigenvalue weighted by Gasteiger charge is 2.22. The highest BCUT2D eigenvalue weighted by molar-refractivity contribution is 9.10. The van der Waals surface area contributed by atoms with Gasteiger partial charge in [0.15, 0.2) is 5.13 Å². The van der Waals surface area contributed by atoms with Gasteiger partial charge in [0.25, 0.3) is 5.56 Å². The van der Waals surface area contributed by atoms with Crippen molar-refractivity contribution in [3.8, 4) is 0 Å². The predicted molar refractivity (Wildman–Crippen MR) is 120 cm³/mol. The van der Waals surface area contributed by atoms with Gasteiger partial charge in [0, 0.05) is 29.5 Å². The van der Waals surface area contributed by atoms with Gasteiger partial charge in [-0.15, -0.1) is 11.3 Å². The predicted octanol–water partition coefficient (Wildman–Crippen LogP) is 2.86. The number of nitrogens with zero attached hydrogens (tertiary/aromatic N) is 4. The Labute approximate surface area is 186 Å². The molecule has 1 saturated heterocycles. The zero-order valence-corrected chi connectivity index (χ0v) is 19.1. The third-order valence-electron chi connectivity index (χ3n) is 4.78. The first-order valence-corrected chi connectivity index (χ1v) is 11.3. The first-order valence-electron chi connectivity index (χ1n) is 9.64. The molecular formula is C20H22BrN5O3S. The third-order valence-corrected chi connectivity index (χ3v) is 6.08. The fraction of sp³-hybridized carbons (Fsp3) is 0.400. The number of hydrogen-bond donors (Lipinski definition) is 1. The summed E-state index contributed by atoms with van der Waals surface area (Å²) in [5.74, 6) is -0.317. The summed E-state index contributed by atoms with van der Waals surface area (Å²) in [6.45, 7) is 6.44. The van der Waals surface area contributed by atoms with E-state index >= 15 is 0 Å². The lowest BCUT2D eigenvalue weighted by molar-refractivity contribution is -0.116. The first-order chi connectivity index (χ1) is 14.4. The van der Waals surface area contributed by atoms with E-state index in [-0.39, 0.29) is 30.2 Å². The average Bonchev–Trinajstić information content (AvgIpc) is 3.10. The molecule has 0 spiro atoms. The van der Waals surface area contributed by atoms with E-state index in [0.29, 0.717) is 22.6 Å². The molecule has 0 saturated carbocycles. The maximum Gasteiger partial charge on any atom is 0.261 e. The summed E-state index contributed by atoms with van der Waals surface area (Å²) >= 11 is 4.74. The van der Waals surface area contributed by atoms with Gasteiger partial charge in [-0.1, -0.05) is 15.9 Å². The monoisotopic (exact) mass is 491 g/mol. The lowest BCUT2D eigenvalue weighted by atomic mass is 10.2. The Morgan fingerprint density at radius 2 is 2.10 bits per heavy atom. The summed E-state index contributed by atoms with van der Waals surface area (Å²) in [6, 6.07) is 5.29. The Bertz CT molecular complexity index is 1120. The number of amides is 1. The fourth-order valence-electron chi connectivity index (χ4n) is 3.64. The van der Waals surface area contributed by atoms with Crippen molar-refractivity contribution in [2.45, 2.75) is 39.1 Å². The van der Waals surface area contributed by atoms with Crippen LogP contribution in [-0.4, -0.2) is 50.6 Å². The minimum Gasteiger partial charge on any atom is -0.373 e. The molecule has 2 atom stereocenters. The van der Waals surface area contributed by atoms with Crippen molar-refractivity contribution in [3.05, 3.63) is 50.4 Å². The highest BCUT2D eigenvalue weighted by atomic mass is 79.9. The molecule has 1 fully saturated rings. The molecule has 10 heteroatoms. The lowest BCUT2D eigenvalue weighted by Crippen LogP contribution is -2.44. The Morgan fingerprint density at radius 3 is 2.87 bits per heavy atom. The van der Waals surface area contributed by atoms with Crippen LogP contribution in [0.4, 0.5) is 5.13 Å². The fourth-order valence-corrected chi connectivity index (χ4v) is 4.72. The van der Waals surface area contributed by atoms with Crippen LogP contribution >= 0.6 is 27.3 Å². The molecule has 30 heavy (non-hydrogen) atoms. The van der Waals surface area contributed by atoms with Crippen LogP contribution in [0.15, 0.2) is 39.2 Å². The number of carbonyl (C=O) groups excluding carboxylic acids is 1. The number of aromatic nitrogens is 3. The van der Waals surface area contributed by atoms with Crippen LogP contribution < -0.4 is 10.9 Å². The van der Waals surface area contributed by atoms with Crippen LogP contribution in [0.2, 0.25) is 0 Å². The van der Waals surface area contributed by atoms with E-state index in [1.807, 2.05) is 11.4 Å². The number of anilines is 1. The van der Waals surface area contributed by atoms with Crippen LogP contribution in [0.25, 0.3) is 10.9 Å². The Kier molecular flexibility index (Phi) is 6.28. The molecule has 0 aliphatic carbocycles. The van der Waals surface area contributed by atoms with Crippen molar-refractivity contribution in [1.29, 1.82) is 0 Å². The SMILES string of the molecule is CC1CN(Cc2csc(NC(=O)Cn3cnc4ccc(Br)cc4c3=O)n2)CC(C)O1. The van der Waals surface area contributed by atoms with Gasteiger partial charge in [-0.05, 0) is 32.0 Å². The molecule has 3 heterocycles. The molecule has 0 bridgehead atoms. The largest absolute Gasteiger partial charge is 0.373 e. The summed E-state index contributed by atoms with van der Waals surface area (Å²) in [4.78, 5) is 36.2. The summed E-state index contributed by atoms with van der Waals surface area (Å²) in [7, 11) is 0. The second-order valence-corrected chi connectivity index (χ2v) is 9.26. The van der Waals surface area contributed by atoms with Crippen molar-refractivity contribution in [2.24, 2.45) is 0 Å². The van der Waals surface area contributed by atoms with E-state index in [2.05, 4.69) is 50.0 Å². The van der Waals surface area contributed by atoms with E-state index < -0.39 is 0 Å². The van der Waals surface area contributed by atoms with Gasteiger partial charge < -0.3 is 10.1 Å². The van der Waals surface area contributed by atoms with Crippen LogP contribution in [0.3, 0.4) is 0 Å². The second kappa shape index (κ2) is 8.93. The zero-order valence-electron chi connectivity index (χ0n) is 16.7. The zero-order chi connectivity index (χ0) is 21.3. The number of fused-ring (bicyclic) bond motifs is 1. The van der Waals surface area contributed by atoms with Crippen molar-refractivity contribution in [1.82, 2.24) is 19.4 Å². The van der Waals surface area contributed by atoms with Crippen LogP contribution in [-0.2, 0) is 22.6 Å². The van der Waals surface area contributed by atoms with Gasteiger partial charge in [0.1, 0.15) is 6.54 Å². The Morgan fingerprint density at radius 1 is 1.33 bits per heavy atom. The van der Waals surface area contributed by atoms with Gasteiger partial charge in [-0.2, -0.15) is 0 Å². The highest BCUT2D eigenvalue weighted by Crippen LogP contribution is 2.19. The number of rotatable bonds is 5. The summed E-state index contributed by atoms with van der Waals surface area (Å²) in [6.07, 6.45) is 1.79. The summed E-state index contributed by atoms with van der Waals surface area (Å²) in [5, 5.41) is 5.71. The normalized spacial score (nSPS) is 19.8. The van der Waals surface area contributed by atoms with Crippen molar-refractivity contribution in [2.75, 3.05) is 18.4 Å². The van der Waals surface area contributed by atoms with E-state index in [4.69, 9.17) is 4.74 Å². The van der Waals surface area contributed by atoms with Gasteiger partial charge in [-0.25, -0.2) is 9.97 Å². The Balaban J connectivity index is 1.40. The van der Waals surface area contributed by atoms with E-state index in [9.17, 15) is 9.59 Å². The molecule has 0 radical (unpaired) electrons. The Hall–Kier alpha value is -2.14. The number of hydrogen-bond acceptors (Lipinski definition) is 7. The lowest BCUT2D eigenvalue weighted by Gasteiger charge is -2.34. The molecule has 2 unspecified atom stereocenters. The third kappa shape index (κ3) is 4.94. The van der Waals surface area contributed by atoms with Gasteiger partial charge in [-0.3, -0.25) is 19.1 Å². The van der Waals surface area contributed by atoms with Crippen LogP contribution in [0.5, 0.6) is 0 Å². The molecule has 3 aromatic rings. The quantitative estimate of drug-likeness (QED) is 0.590. The molecule has 1 aliphatic rings. The number of carbonyl (C=O) groups is 1. The minimum absolute atomic E-state index is 0.123. The second-order valence-electron chi connectivity index (χ2n) is 7.48. The number of halogens is 1. The number of morpholine rings is 1. The van der Waals surface area contributed by atoms with Gasteiger partial charge in [0.05, 0.1) is 35.1 Å². The smallest absolute Gasteiger partial charge is 0.261 e. The summed E-state index contributed by atoms with van der Waals surface area (Å²) in [5.41, 5.74) is 1.24. The molecule has 2 aromatic heterocycles. The van der Waals surface area contributed by atoms with E-state index in [1.165, 1.54) is 22.2 Å². The molecule has 1 N–H and O–H groups in total. The van der Waals surface area contributed by atoms with Crippen molar-refractivity contribution >= 4 is 49.2 Å². The van der Waals surface area contributed by atoms with Gasteiger partial charge >= 0.3 is 0 Å². The maximum absolute atomic E-state index is 12.6.